The zero-order valence-electron chi connectivity index (χ0n) is 15.1. The number of carbonyl (C=O) groups excluding carboxylic acids is 1. The maximum atomic E-state index is 12.8. The highest BCUT2D eigenvalue weighted by atomic mass is 19.4. The summed E-state index contributed by atoms with van der Waals surface area (Å²) < 4.78 is 43.7. The highest BCUT2D eigenvalue weighted by Gasteiger charge is 2.30. The van der Waals surface area contributed by atoms with Crippen molar-refractivity contribution >= 4 is 17.3 Å². The van der Waals surface area contributed by atoms with Crippen molar-refractivity contribution in [3.05, 3.63) is 53.9 Å². The van der Waals surface area contributed by atoms with Gasteiger partial charge in [0.2, 0.25) is 0 Å². The molecule has 0 bridgehead atoms. The summed E-state index contributed by atoms with van der Waals surface area (Å²) in [6.07, 6.45) is -2.98. The lowest BCUT2D eigenvalue weighted by Gasteiger charge is -2.26. The molecule has 1 amide bonds. The molecule has 1 aromatic heterocycles. The molecule has 28 heavy (non-hydrogen) atoms. The van der Waals surface area contributed by atoms with Gasteiger partial charge in [-0.05, 0) is 30.3 Å². The minimum atomic E-state index is -4.47. The number of rotatable bonds is 6. The number of halogens is 3. The molecule has 9 heteroatoms. The smallest absolute Gasteiger partial charge is 0.384 e. The molecule has 3 rings (SSSR count). The number of morpholine rings is 1. The van der Waals surface area contributed by atoms with E-state index < -0.39 is 17.6 Å². The summed E-state index contributed by atoms with van der Waals surface area (Å²) in [5.74, 6) is -0.573. The van der Waals surface area contributed by atoms with E-state index in [-0.39, 0.29) is 11.4 Å². The van der Waals surface area contributed by atoms with Crippen LogP contribution in [0.4, 0.5) is 24.5 Å². The SMILES string of the molecule is O=C(Nc1cccc(C(F)(F)F)c1)c1cc(NCCN2CCOCC2)ccn1. The monoisotopic (exact) mass is 394 g/mol. The normalized spacial score (nSPS) is 15.2. The quantitative estimate of drug-likeness (QED) is 0.788. The van der Waals surface area contributed by atoms with E-state index in [1.54, 1.807) is 12.1 Å². The van der Waals surface area contributed by atoms with Crippen LogP contribution in [0.3, 0.4) is 0 Å². The van der Waals surface area contributed by atoms with Gasteiger partial charge in [0.15, 0.2) is 0 Å². The lowest BCUT2D eigenvalue weighted by atomic mass is 10.2. The molecule has 2 aromatic rings. The van der Waals surface area contributed by atoms with Crippen molar-refractivity contribution in [1.29, 1.82) is 0 Å². The van der Waals surface area contributed by atoms with E-state index in [1.807, 2.05) is 0 Å². The number of hydrogen-bond acceptors (Lipinski definition) is 5. The maximum absolute atomic E-state index is 12.8. The first-order valence-electron chi connectivity index (χ1n) is 8.90. The second-order valence-corrected chi connectivity index (χ2v) is 6.34. The standard InChI is InChI=1S/C19H21F3N4O2/c20-19(21,22)14-2-1-3-16(12-14)25-18(27)17-13-15(4-5-24-17)23-6-7-26-8-10-28-11-9-26/h1-5,12-13H,6-11H2,(H,23,24)(H,25,27). The van der Waals surface area contributed by atoms with E-state index in [4.69, 9.17) is 4.74 Å². The summed E-state index contributed by atoms with van der Waals surface area (Å²) in [6.45, 7) is 4.78. The molecule has 1 aliphatic heterocycles. The Balaban J connectivity index is 1.57. The van der Waals surface area contributed by atoms with Gasteiger partial charge in [-0.15, -0.1) is 0 Å². The van der Waals surface area contributed by atoms with E-state index >= 15 is 0 Å². The molecule has 0 spiro atoms. The van der Waals surface area contributed by atoms with E-state index in [0.717, 1.165) is 50.7 Å². The molecule has 150 valence electrons. The van der Waals surface area contributed by atoms with Crippen LogP contribution in [0, 0.1) is 0 Å². The molecule has 0 saturated carbocycles. The Labute approximate surface area is 160 Å². The second kappa shape index (κ2) is 9.03. The van der Waals surface area contributed by atoms with Gasteiger partial charge < -0.3 is 15.4 Å². The lowest BCUT2D eigenvalue weighted by molar-refractivity contribution is -0.137. The van der Waals surface area contributed by atoms with Gasteiger partial charge in [0.25, 0.3) is 5.91 Å². The summed E-state index contributed by atoms with van der Waals surface area (Å²) in [5.41, 5.74) is 0.0790. The number of aromatic nitrogens is 1. The van der Waals surface area contributed by atoms with Crippen molar-refractivity contribution in [2.75, 3.05) is 50.0 Å². The zero-order chi connectivity index (χ0) is 20.0. The third kappa shape index (κ3) is 5.67. The molecule has 0 radical (unpaired) electrons. The molecule has 1 fully saturated rings. The Morgan fingerprint density at radius 1 is 1.14 bits per heavy atom. The van der Waals surface area contributed by atoms with Gasteiger partial charge in [-0.1, -0.05) is 6.07 Å². The van der Waals surface area contributed by atoms with Gasteiger partial charge in [-0.2, -0.15) is 13.2 Å². The fourth-order valence-electron chi connectivity index (χ4n) is 2.82. The third-order valence-corrected chi connectivity index (χ3v) is 4.30. The third-order valence-electron chi connectivity index (χ3n) is 4.30. The van der Waals surface area contributed by atoms with Crippen molar-refractivity contribution in [1.82, 2.24) is 9.88 Å². The van der Waals surface area contributed by atoms with Gasteiger partial charge in [0, 0.05) is 43.8 Å². The molecular formula is C19H21F3N4O2. The fraction of sp³-hybridized carbons (Fsp3) is 0.368. The number of hydrogen-bond donors (Lipinski definition) is 2. The van der Waals surface area contributed by atoms with E-state index in [1.165, 1.54) is 18.3 Å². The number of pyridine rings is 1. The number of nitrogens with zero attached hydrogens (tertiary/aromatic N) is 2. The van der Waals surface area contributed by atoms with E-state index in [9.17, 15) is 18.0 Å². The Morgan fingerprint density at radius 2 is 1.93 bits per heavy atom. The molecule has 0 atom stereocenters. The molecule has 1 saturated heterocycles. The van der Waals surface area contributed by atoms with Crippen molar-refractivity contribution in [3.8, 4) is 0 Å². The van der Waals surface area contributed by atoms with Crippen LogP contribution in [0.15, 0.2) is 42.6 Å². The summed E-state index contributed by atoms with van der Waals surface area (Å²) in [4.78, 5) is 18.6. The number of anilines is 2. The average molecular weight is 394 g/mol. The van der Waals surface area contributed by atoms with Crippen LogP contribution in [0.1, 0.15) is 16.1 Å². The van der Waals surface area contributed by atoms with Crippen molar-refractivity contribution < 1.29 is 22.7 Å². The number of carbonyl (C=O) groups is 1. The second-order valence-electron chi connectivity index (χ2n) is 6.34. The predicted molar refractivity (Wildman–Crippen MR) is 99.4 cm³/mol. The Bertz CT molecular complexity index is 808. The van der Waals surface area contributed by atoms with Gasteiger partial charge >= 0.3 is 6.18 Å². The molecule has 2 N–H and O–H groups in total. The first kappa shape index (κ1) is 20.1. The highest BCUT2D eigenvalue weighted by Crippen LogP contribution is 2.30. The number of benzene rings is 1. The predicted octanol–water partition coefficient (Wildman–Crippen LogP) is 3.10. The van der Waals surface area contributed by atoms with Crippen LogP contribution in [0.2, 0.25) is 0 Å². The fourth-order valence-corrected chi connectivity index (χ4v) is 2.82. The summed E-state index contributed by atoms with van der Waals surface area (Å²) in [7, 11) is 0. The van der Waals surface area contributed by atoms with Crippen molar-refractivity contribution in [2.24, 2.45) is 0 Å². The van der Waals surface area contributed by atoms with Crippen molar-refractivity contribution in [3.63, 3.8) is 0 Å². The Kier molecular flexibility index (Phi) is 6.48. The lowest BCUT2D eigenvalue weighted by Crippen LogP contribution is -2.39. The number of ether oxygens (including phenoxy) is 1. The molecule has 0 aliphatic carbocycles. The van der Waals surface area contributed by atoms with Crippen LogP contribution in [-0.2, 0) is 10.9 Å². The zero-order valence-corrected chi connectivity index (χ0v) is 15.1. The molecule has 0 unspecified atom stereocenters. The van der Waals surface area contributed by atoms with Crippen LogP contribution in [-0.4, -0.2) is 55.2 Å². The van der Waals surface area contributed by atoms with Gasteiger partial charge in [-0.25, -0.2) is 0 Å². The van der Waals surface area contributed by atoms with Crippen LogP contribution in [0.5, 0.6) is 0 Å². The van der Waals surface area contributed by atoms with Crippen LogP contribution in [0.25, 0.3) is 0 Å². The Hall–Kier alpha value is -2.65. The van der Waals surface area contributed by atoms with E-state index in [2.05, 4.69) is 20.5 Å². The molecule has 1 aromatic carbocycles. The molecule has 2 heterocycles. The van der Waals surface area contributed by atoms with Crippen LogP contribution < -0.4 is 10.6 Å². The largest absolute Gasteiger partial charge is 0.416 e. The van der Waals surface area contributed by atoms with Crippen LogP contribution >= 0.6 is 0 Å². The molecule has 1 aliphatic rings. The van der Waals surface area contributed by atoms with Gasteiger partial charge in [0.1, 0.15) is 5.69 Å². The minimum Gasteiger partial charge on any atom is -0.384 e. The number of alkyl halides is 3. The molecular weight excluding hydrogens is 373 g/mol. The summed E-state index contributed by atoms with van der Waals surface area (Å²) >= 11 is 0. The Morgan fingerprint density at radius 3 is 2.68 bits per heavy atom. The maximum Gasteiger partial charge on any atom is 0.416 e. The van der Waals surface area contributed by atoms with E-state index in [0.29, 0.717) is 6.54 Å². The highest BCUT2D eigenvalue weighted by molar-refractivity contribution is 6.03. The summed E-state index contributed by atoms with van der Waals surface area (Å²) in [5, 5.41) is 5.68. The minimum absolute atomic E-state index is 0.0623. The first-order valence-corrected chi connectivity index (χ1v) is 8.90. The van der Waals surface area contributed by atoms with Gasteiger partial charge in [-0.3, -0.25) is 14.7 Å². The van der Waals surface area contributed by atoms with Gasteiger partial charge in [0.05, 0.1) is 18.8 Å². The molecule has 6 nitrogen and oxygen atoms in total. The number of nitrogens with one attached hydrogen (secondary N) is 2. The first-order chi connectivity index (χ1) is 13.4. The van der Waals surface area contributed by atoms with Crippen molar-refractivity contribution in [2.45, 2.75) is 6.18 Å². The average Bonchev–Trinajstić information content (AvgIpc) is 2.69. The topological polar surface area (TPSA) is 66.5 Å². The number of amides is 1. The summed E-state index contributed by atoms with van der Waals surface area (Å²) in [6, 6.07) is 7.80.